The normalized spacial score (nSPS) is 12.4. The third-order valence-corrected chi connectivity index (χ3v) is 3.60. The van der Waals surface area contributed by atoms with Crippen molar-refractivity contribution >= 4 is 0 Å². The van der Waals surface area contributed by atoms with Crippen molar-refractivity contribution in [3.05, 3.63) is 65.0 Å². The van der Waals surface area contributed by atoms with Crippen molar-refractivity contribution in [3.8, 4) is 0 Å². The van der Waals surface area contributed by atoms with Crippen molar-refractivity contribution in [2.45, 2.75) is 32.7 Å². The number of nitrogens with zero attached hydrogens (tertiary/aromatic N) is 1. The highest BCUT2D eigenvalue weighted by atomic mass is 14.9. The van der Waals surface area contributed by atoms with Crippen LogP contribution in [0.3, 0.4) is 0 Å². The van der Waals surface area contributed by atoms with Gasteiger partial charge >= 0.3 is 0 Å². The monoisotopic (exact) mass is 254 g/mol. The molecule has 0 spiro atoms. The molecule has 100 valence electrons. The van der Waals surface area contributed by atoms with Crippen LogP contribution in [0.4, 0.5) is 0 Å². The fourth-order valence-electron chi connectivity index (χ4n) is 2.34. The molecule has 1 aromatic carbocycles. The minimum absolute atomic E-state index is 0.272. The summed E-state index contributed by atoms with van der Waals surface area (Å²) in [5, 5.41) is 3.37. The van der Waals surface area contributed by atoms with Gasteiger partial charge in [-0.2, -0.15) is 0 Å². The second-order valence-electron chi connectivity index (χ2n) is 4.92. The molecule has 0 aliphatic rings. The van der Waals surface area contributed by atoms with Crippen LogP contribution in [0, 0.1) is 6.92 Å². The van der Waals surface area contributed by atoms with Gasteiger partial charge in [0.2, 0.25) is 0 Å². The van der Waals surface area contributed by atoms with E-state index in [1.807, 2.05) is 19.3 Å². The average Bonchev–Trinajstić information content (AvgIpc) is 2.46. The van der Waals surface area contributed by atoms with Crippen molar-refractivity contribution in [2.75, 3.05) is 7.05 Å². The van der Waals surface area contributed by atoms with Crippen LogP contribution in [-0.2, 0) is 12.8 Å². The molecule has 0 radical (unpaired) electrons. The van der Waals surface area contributed by atoms with Gasteiger partial charge in [-0.3, -0.25) is 4.98 Å². The quantitative estimate of drug-likeness (QED) is 0.884. The lowest BCUT2D eigenvalue weighted by atomic mass is 9.99. The number of hydrogen-bond acceptors (Lipinski definition) is 2. The maximum atomic E-state index is 4.52. The summed E-state index contributed by atoms with van der Waals surface area (Å²) in [5.74, 6) is 0. The molecule has 0 bridgehead atoms. The number of benzene rings is 1. The first kappa shape index (κ1) is 13.8. The van der Waals surface area contributed by atoms with Crippen LogP contribution in [0.15, 0.2) is 42.6 Å². The Morgan fingerprint density at radius 2 is 1.79 bits per heavy atom. The molecule has 0 fully saturated rings. The highest BCUT2D eigenvalue weighted by molar-refractivity contribution is 5.27. The molecule has 1 atom stereocenters. The zero-order valence-electron chi connectivity index (χ0n) is 12.0. The molecule has 2 aromatic rings. The van der Waals surface area contributed by atoms with Crippen molar-refractivity contribution in [3.63, 3.8) is 0 Å². The van der Waals surface area contributed by atoms with E-state index < -0.39 is 0 Å². The van der Waals surface area contributed by atoms with Gasteiger partial charge in [0.1, 0.15) is 0 Å². The Bertz CT molecular complexity index is 517. The van der Waals surface area contributed by atoms with Gasteiger partial charge in [0.25, 0.3) is 0 Å². The van der Waals surface area contributed by atoms with Gasteiger partial charge < -0.3 is 5.32 Å². The molecular formula is C17H22N2. The van der Waals surface area contributed by atoms with Crippen molar-refractivity contribution in [1.82, 2.24) is 10.3 Å². The minimum Gasteiger partial charge on any atom is -0.311 e. The number of nitrogens with one attached hydrogen (secondary N) is 1. The zero-order chi connectivity index (χ0) is 13.7. The maximum Gasteiger partial charge on any atom is 0.0605 e. The zero-order valence-corrected chi connectivity index (χ0v) is 12.0. The van der Waals surface area contributed by atoms with E-state index in [1.165, 1.54) is 16.7 Å². The first-order valence-corrected chi connectivity index (χ1v) is 6.91. The smallest absolute Gasteiger partial charge is 0.0605 e. The molecule has 1 unspecified atom stereocenters. The average molecular weight is 254 g/mol. The van der Waals surface area contributed by atoms with Crippen LogP contribution in [0.25, 0.3) is 0 Å². The summed E-state index contributed by atoms with van der Waals surface area (Å²) in [6, 6.07) is 13.3. The Morgan fingerprint density at radius 3 is 2.37 bits per heavy atom. The number of likely N-dealkylation sites (N-methyl/N-ethyl adjacent to an activating group) is 1. The second-order valence-corrected chi connectivity index (χ2v) is 4.92. The Labute approximate surface area is 115 Å². The Balaban J connectivity index is 2.17. The molecule has 1 aromatic heterocycles. The highest BCUT2D eigenvalue weighted by Crippen LogP contribution is 2.19. The van der Waals surface area contributed by atoms with Crippen LogP contribution in [-0.4, -0.2) is 12.0 Å². The molecule has 0 amide bonds. The highest BCUT2D eigenvalue weighted by Gasteiger charge is 2.13. The van der Waals surface area contributed by atoms with Crippen LogP contribution < -0.4 is 5.32 Å². The van der Waals surface area contributed by atoms with Gasteiger partial charge in [0.15, 0.2) is 0 Å². The van der Waals surface area contributed by atoms with E-state index in [0.29, 0.717) is 0 Å². The summed E-state index contributed by atoms with van der Waals surface area (Å²) in [6.45, 7) is 4.30. The largest absolute Gasteiger partial charge is 0.311 e. The van der Waals surface area contributed by atoms with Crippen molar-refractivity contribution < 1.29 is 0 Å². The lowest BCUT2D eigenvalue weighted by molar-refractivity contribution is 0.572. The summed E-state index contributed by atoms with van der Waals surface area (Å²) in [6.07, 6.45) is 3.93. The molecule has 0 aliphatic heterocycles. The van der Waals surface area contributed by atoms with E-state index in [1.54, 1.807) is 0 Å². The molecule has 0 aliphatic carbocycles. The molecule has 1 heterocycles. The third-order valence-electron chi connectivity index (χ3n) is 3.60. The molecule has 2 heteroatoms. The molecule has 0 saturated heterocycles. The van der Waals surface area contributed by atoms with E-state index in [2.05, 4.69) is 54.5 Å². The van der Waals surface area contributed by atoms with Crippen LogP contribution in [0.2, 0.25) is 0 Å². The molecule has 0 saturated carbocycles. The molecule has 19 heavy (non-hydrogen) atoms. The number of aromatic nitrogens is 1. The lowest BCUT2D eigenvalue weighted by Crippen LogP contribution is -2.21. The fraction of sp³-hybridized carbons (Fsp3) is 0.353. The Hall–Kier alpha value is -1.67. The van der Waals surface area contributed by atoms with Crippen LogP contribution in [0.5, 0.6) is 0 Å². The number of hydrogen-bond donors (Lipinski definition) is 1. The van der Waals surface area contributed by atoms with Gasteiger partial charge in [0, 0.05) is 6.20 Å². The van der Waals surface area contributed by atoms with Gasteiger partial charge in [-0.05, 0) is 49.6 Å². The summed E-state index contributed by atoms with van der Waals surface area (Å²) in [7, 11) is 2.00. The number of aryl methyl sites for hydroxylation is 2. The predicted molar refractivity (Wildman–Crippen MR) is 80.3 cm³/mol. The Kier molecular flexibility index (Phi) is 4.69. The van der Waals surface area contributed by atoms with E-state index in [9.17, 15) is 0 Å². The predicted octanol–water partition coefficient (Wildman–Crippen LogP) is 3.46. The summed E-state index contributed by atoms with van der Waals surface area (Å²) in [5.41, 5.74) is 5.12. The van der Waals surface area contributed by atoms with Gasteiger partial charge in [0.05, 0.1) is 11.7 Å². The van der Waals surface area contributed by atoms with Crippen molar-refractivity contribution in [2.24, 2.45) is 0 Å². The van der Waals surface area contributed by atoms with Crippen molar-refractivity contribution in [1.29, 1.82) is 0 Å². The Morgan fingerprint density at radius 1 is 1.11 bits per heavy atom. The van der Waals surface area contributed by atoms with Gasteiger partial charge in [-0.25, -0.2) is 0 Å². The summed E-state index contributed by atoms with van der Waals surface area (Å²) >= 11 is 0. The SMILES string of the molecule is CCc1ccc(CC(NC)c2ncccc2C)cc1. The van der Waals surface area contributed by atoms with E-state index in [4.69, 9.17) is 0 Å². The minimum atomic E-state index is 0.272. The third kappa shape index (κ3) is 3.42. The molecule has 2 nitrogen and oxygen atoms in total. The first-order chi connectivity index (χ1) is 9.24. The fourth-order valence-corrected chi connectivity index (χ4v) is 2.34. The van der Waals surface area contributed by atoms with E-state index >= 15 is 0 Å². The molecule has 1 N–H and O–H groups in total. The van der Waals surface area contributed by atoms with E-state index in [0.717, 1.165) is 18.5 Å². The first-order valence-electron chi connectivity index (χ1n) is 6.91. The van der Waals surface area contributed by atoms with E-state index in [-0.39, 0.29) is 6.04 Å². The van der Waals surface area contributed by atoms with Gasteiger partial charge in [-0.15, -0.1) is 0 Å². The number of rotatable bonds is 5. The number of pyridine rings is 1. The summed E-state index contributed by atoms with van der Waals surface area (Å²) < 4.78 is 0. The lowest BCUT2D eigenvalue weighted by Gasteiger charge is -2.17. The maximum absolute atomic E-state index is 4.52. The summed E-state index contributed by atoms with van der Waals surface area (Å²) in [4.78, 5) is 4.52. The van der Waals surface area contributed by atoms with Crippen LogP contribution >= 0.6 is 0 Å². The molecule has 2 rings (SSSR count). The standard InChI is InChI=1S/C17H22N2/c1-4-14-7-9-15(10-8-14)12-16(18-3)17-13(2)6-5-11-19-17/h5-11,16,18H,4,12H2,1-3H3. The van der Waals surface area contributed by atoms with Gasteiger partial charge in [-0.1, -0.05) is 37.3 Å². The topological polar surface area (TPSA) is 24.9 Å². The molecular weight excluding hydrogens is 232 g/mol. The van der Waals surface area contributed by atoms with Crippen LogP contribution in [0.1, 0.15) is 35.3 Å². The second kappa shape index (κ2) is 6.48.